The molecule has 0 saturated carbocycles. The van der Waals surface area contributed by atoms with Gasteiger partial charge in [0, 0.05) is 11.9 Å². The third kappa shape index (κ3) is 3.02. The van der Waals surface area contributed by atoms with Gasteiger partial charge in [-0.3, -0.25) is 4.98 Å². The van der Waals surface area contributed by atoms with Gasteiger partial charge in [-0.2, -0.15) is 0 Å². The lowest BCUT2D eigenvalue weighted by molar-refractivity contribution is 0.577. The SMILES string of the molecule is Cc1ccc(C(N)c2ccccc2C(C)(C)C)cn1. The van der Waals surface area contributed by atoms with E-state index in [1.807, 2.05) is 25.3 Å². The first-order valence-corrected chi connectivity index (χ1v) is 6.67. The molecule has 1 atom stereocenters. The van der Waals surface area contributed by atoms with Crippen LogP contribution < -0.4 is 5.73 Å². The zero-order valence-corrected chi connectivity index (χ0v) is 12.1. The Balaban J connectivity index is 2.44. The maximum absolute atomic E-state index is 6.42. The molecular weight excluding hydrogens is 232 g/mol. The Morgan fingerprint density at radius 2 is 1.74 bits per heavy atom. The van der Waals surface area contributed by atoms with Crippen molar-refractivity contribution in [3.8, 4) is 0 Å². The number of pyridine rings is 1. The standard InChI is InChI=1S/C17H22N2/c1-12-9-10-13(11-19-12)16(18)14-7-5-6-8-15(14)17(2,3)4/h5-11,16H,18H2,1-4H3. The molecule has 1 unspecified atom stereocenters. The molecule has 0 radical (unpaired) electrons. The molecule has 2 heteroatoms. The van der Waals surface area contributed by atoms with Gasteiger partial charge in [-0.1, -0.05) is 51.1 Å². The van der Waals surface area contributed by atoms with Gasteiger partial charge in [0.2, 0.25) is 0 Å². The largest absolute Gasteiger partial charge is 0.320 e. The summed E-state index contributed by atoms with van der Waals surface area (Å²) in [6, 6.07) is 12.3. The van der Waals surface area contributed by atoms with Crippen LogP contribution >= 0.6 is 0 Å². The van der Waals surface area contributed by atoms with Crippen LogP contribution in [0.2, 0.25) is 0 Å². The summed E-state index contributed by atoms with van der Waals surface area (Å²) >= 11 is 0. The fraction of sp³-hybridized carbons (Fsp3) is 0.353. The lowest BCUT2D eigenvalue weighted by Crippen LogP contribution is -2.20. The van der Waals surface area contributed by atoms with E-state index >= 15 is 0 Å². The zero-order chi connectivity index (χ0) is 14.0. The van der Waals surface area contributed by atoms with Crippen LogP contribution in [0.25, 0.3) is 0 Å². The summed E-state index contributed by atoms with van der Waals surface area (Å²) < 4.78 is 0. The van der Waals surface area contributed by atoms with Crippen molar-refractivity contribution in [3.05, 3.63) is 65.0 Å². The van der Waals surface area contributed by atoms with Crippen molar-refractivity contribution in [3.63, 3.8) is 0 Å². The minimum Gasteiger partial charge on any atom is -0.320 e. The van der Waals surface area contributed by atoms with Gasteiger partial charge in [-0.25, -0.2) is 0 Å². The average Bonchev–Trinajstić information content (AvgIpc) is 2.38. The predicted octanol–water partition coefficient (Wildman–Crippen LogP) is 3.74. The summed E-state index contributed by atoms with van der Waals surface area (Å²) in [6.07, 6.45) is 1.87. The van der Waals surface area contributed by atoms with Crippen LogP contribution in [0.15, 0.2) is 42.6 Å². The fourth-order valence-electron chi connectivity index (χ4n) is 2.29. The van der Waals surface area contributed by atoms with Crippen LogP contribution in [0.3, 0.4) is 0 Å². The summed E-state index contributed by atoms with van der Waals surface area (Å²) in [5.41, 5.74) is 11.1. The number of aryl methyl sites for hydroxylation is 1. The number of aromatic nitrogens is 1. The van der Waals surface area contributed by atoms with E-state index in [2.05, 4.69) is 50.0 Å². The minimum absolute atomic E-state index is 0.0896. The number of hydrogen-bond donors (Lipinski definition) is 1. The number of nitrogens with zero attached hydrogens (tertiary/aromatic N) is 1. The predicted molar refractivity (Wildman–Crippen MR) is 80.1 cm³/mol. The molecule has 1 heterocycles. The highest BCUT2D eigenvalue weighted by Gasteiger charge is 2.21. The molecule has 2 nitrogen and oxygen atoms in total. The zero-order valence-electron chi connectivity index (χ0n) is 12.1. The Kier molecular flexibility index (Phi) is 3.72. The second-order valence-corrected chi connectivity index (χ2v) is 6.05. The third-order valence-corrected chi connectivity index (χ3v) is 3.40. The van der Waals surface area contributed by atoms with Crippen LogP contribution in [0, 0.1) is 6.92 Å². The topological polar surface area (TPSA) is 38.9 Å². The number of hydrogen-bond acceptors (Lipinski definition) is 2. The van der Waals surface area contributed by atoms with E-state index in [4.69, 9.17) is 5.73 Å². The van der Waals surface area contributed by atoms with Crippen molar-refractivity contribution in [2.24, 2.45) is 5.73 Å². The van der Waals surface area contributed by atoms with Crippen molar-refractivity contribution in [1.82, 2.24) is 4.98 Å². The Bertz CT molecular complexity index is 550. The fourth-order valence-corrected chi connectivity index (χ4v) is 2.29. The molecule has 0 aliphatic heterocycles. The van der Waals surface area contributed by atoms with E-state index in [9.17, 15) is 0 Å². The average molecular weight is 254 g/mol. The van der Waals surface area contributed by atoms with Crippen LogP contribution in [0.1, 0.15) is 49.2 Å². The van der Waals surface area contributed by atoms with E-state index < -0.39 is 0 Å². The molecule has 1 aromatic heterocycles. The van der Waals surface area contributed by atoms with Crippen LogP contribution in [-0.2, 0) is 5.41 Å². The van der Waals surface area contributed by atoms with Gasteiger partial charge in [-0.15, -0.1) is 0 Å². The second kappa shape index (κ2) is 5.14. The van der Waals surface area contributed by atoms with Crippen molar-refractivity contribution in [2.75, 3.05) is 0 Å². The Morgan fingerprint density at radius 3 is 2.32 bits per heavy atom. The van der Waals surface area contributed by atoms with Gasteiger partial charge < -0.3 is 5.73 Å². The molecule has 1 aromatic carbocycles. The molecule has 0 saturated heterocycles. The van der Waals surface area contributed by atoms with Gasteiger partial charge in [-0.05, 0) is 35.1 Å². The van der Waals surface area contributed by atoms with Crippen LogP contribution in [0.5, 0.6) is 0 Å². The highest BCUT2D eigenvalue weighted by molar-refractivity contribution is 5.39. The molecule has 0 aliphatic carbocycles. The number of nitrogens with two attached hydrogens (primary N) is 1. The molecule has 0 amide bonds. The normalized spacial score (nSPS) is 13.3. The molecule has 100 valence electrons. The molecule has 0 bridgehead atoms. The van der Waals surface area contributed by atoms with Gasteiger partial charge in [0.1, 0.15) is 0 Å². The third-order valence-electron chi connectivity index (χ3n) is 3.40. The van der Waals surface area contributed by atoms with Crippen molar-refractivity contribution >= 4 is 0 Å². The van der Waals surface area contributed by atoms with Gasteiger partial charge in [0.25, 0.3) is 0 Å². The Hall–Kier alpha value is -1.67. The van der Waals surface area contributed by atoms with Crippen molar-refractivity contribution in [1.29, 1.82) is 0 Å². The summed E-state index contributed by atoms with van der Waals surface area (Å²) in [4.78, 5) is 4.34. The smallest absolute Gasteiger partial charge is 0.0569 e. The Labute approximate surface area is 115 Å². The monoisotopic (exact) mass is 254 g/mol. The quantitative estimate of drug-likeness (QED) is 0.886. The highest BCUT2D eigenvalue weighted by Crippen LogP contribution is 2.31. The van der Waals surface area contributed by atoms with Crippen molar-refractivity contribution < 1.29 is 0 Å². The molecule has 2 N–H and O–H groups in total. The Morgan fingerprint density at radius 1 is 1.05 bits per heavy atom. The van der Waals surface area contributed by atoms with E-state index in [1.54, 1.807) is 0 Å². The van der Waals surface area contributed by atoms with Gasteiger partial charge in [0.05, 0.1) is 6.04 Å². The first-order chi connectivity index (χ1) is 8.89. The molecule has 0 spiro atoms. The van der Waals surface area contributed by atoms with Crippen molar-refractivity contribution in [2.45, 2.75) is 39.2 Å². The molecule has 0 fully saturated rings. The van der Waals surface area contributed by atoms with Crippen LogP contribution in [0.4, 0.5) is 0 Å². The first-order valence-electron chi connectivity index (χ1n) is 6.67. The van der Waals surface area contributed by atoms with Gasteiger partial charge >= 0.3 is 0 Å². The second-order valence-electron chi connectivity index (χ2n) is 6.05. The highest BCUT2D eigenvalue weighted by atomic mass is 14.7. The molecule has 0 aliphatic rings. The van der Waals surface area contributed by atoms with E-state index in [1.165, 1.54) is 11.1 Å². The summed E-state index contributed by atoms with van der Waals surface area (Å²) in [5, 5.41) is 0. The minimum atomic E-state index is -0.122. The summed E-state index contributed by atoms with van der Waals surface area (Å²) in [5.74, 6) is 0. The van der Waals surface area contributed by atoms with E-state index in [-0.39, 0.29) is 11.5 Å². The van der Waals surface area contributed by atoms with E-state index in [0.29, 0.717) is 0 Å². The molecule has 2 rings (SSSR count). The number of benzene rings is 1. The van der Waals surface area contributed by atoms with Gasteiger partial charge in [0.15, 0.2) is 0 Å². The summed E-state index contributed by atoms with van der Waals surface area (Å²) in [7, 11) is 0. The number of rotatable bonds is 2. The maximum Gasteiger partial charge on any atom is 0.0569 e. The first kappa shape index (κ1) is 13.8. The molecule has 2 aromatic rings. The van der Waals surface area contributed by atoms with E-state index in [0.717, 1.165) is 11.3 Å². The van der Waals surface area contributed by atoms with Crippen LogP contribution in [-0.4, -0.2) is 4.98 Å². The maximum atomic E-state index is 6.42. The summed E-state index contributed by atoms with van der Waals surface area (Å²) in [6.45, 7) is 8.63. The molecule has 19 heavy (non-hydrogen) atoms. The lowest BCUT2D eigenvalue weighted by atomic mass is 9.81. The molecular formula is C17H22N2. The lowest BCUT2D eigenvalue weighted by Gasteiger charge is -2.26.